The Morgan fingerprint density at radius 3 is 2.57 bits per heavy atom. The molecule has 6 unspecified atom stereocenters. The number of allylic oxidation sites excluding steroid dienone is 2. The Labute approximate surface area is 297 Å². The highest BCUT2D eigenvalue weighted by Crippen LogP contribution is 2.65. The van der Waals surface area contributed by atoms with Crippen LogP contribution in [0, 0.1) is 36.0 Å². The summed E-state index contributed by atoms with van der Waals surface area (Å²) in [5.41, 5.74) is 1.18. The number of carbonyl (C=O) groups is 4. The third-order valence-electron chi connectivity index (χ3n) is 11.1. The molecule has 49 heavy (non-hydrogen) atoms. The van der Waals surface area contributed by atoms with Gasteiger partial charge < -0.3 is 9.84 Å². The van der Waals surface area contributed by atoms with Crippen molar-refractivity contribution in [2.45, 2.75) is 32.6 Å². The first kappa shape index (κ1) is 32.2. The van der Waals surface area contributed by atoms with Crippen LogP contribution in [-0.4, -0.2) is 55.9 Å². The highest BCUT2D eigenvalue weighted by Gasteiger charge is 2.68. The molecule has 2 aromatic heterocycles. The number of amides is 4. The topological polar surface area (TPSA) is 142 Å². The Kier molecular flexibility index (Phi) is 7.21. The molecule has 4 heterocycles. The molecule has 2 saturated heterocycles. The van der Waals surface area contributed by atoms with Crippen LogP contribution in [-0.2, 0) is 26.2 Å². The van der Waals surface area contributed by atoms with Crippen molar-refractivity contribution in [3.63, 3.8) is 0 Å². The van der Waals surface area contributed by atoms with Crippen LogP contribution in [0.1, 0.15) is 36.8 Å². The molecule has 4 aliphatic rings. The van der Waals surface area contributed by atoms with Crippen molar-refractivity contribution in [2.24, 2.45) is 36.1 Å². The summed E-state index contributed by atoms with van der Waals surface area (Å²) in [6.45, 7) is 3.71. The van der Waals surface area contributed by atoms with E-state index in [-0.39, 0.29) is 35.2 Å². The molecule has 11 nitrogen and oxygen atoms in total. The predicted octanol–water partition coefficient (Wildman–Crippen LogP) is 6.36. The van der Waals surface area contributed by atoms with Crippen molar-refractivity contribution in [3.8, 4) is 22.1 Å². The van der Waals surface area contributed by atoms with Gasteiger partial charge in [-0.15, -0.1) is 11.3 Å². The lowest BCUT2D eigenvalue weighted by Gasteiger charge is -2.49. The van der Waals surface area contributed by atoms with E-state index in [1.165, 1.54) is 28.0 Å². The molecule has 252 valence electrons. The number of phenolic OH excluding ortho intramolecular Hbond substituents is 1. The summed E-state index contributed by atoms with van der Waals surface area (Å²) in [5.74, 6) is -6.24. The first-order valence-electron chi connectivity index (χ1n) is 15.7. The maximum Gasteiger partial charge on any atom is 0.257 e. The molecule has 1 saturated carbocycles. The van der Waals surface area contributed by atoms with Gasteiger partial charge in [0, 0.05) is 38.8 Å². The normalized spacial score (nSPS) is 27.9. The number of methoxy groups -OCH3 is 1. The number of aromatic hydroxyl groups is 1. The van der Waals surface area contributed by atoms with Crippen molar-refractivity contribution >= 4 is 78.4 Å². The summed E-state index contributed by atoms with van der Waals surface area (Å²) < 4.78 is 8.59. The zero-order valence-electron chi connectivity index (χ0n) is 26.7. The third-order valence-corrected chi connectivity index (χ3v) is 13.1. The molecule has 2 N–H and O–H groups in total. The summed E-state index contributed by atoms with van der Waals surface area (Å²) >= 11 is 11.3. The van der Waals surface area contributed by atoms with E-state index in [2.05, 4.69) is 15.9 Å². The smallest absolute Gasteiger partial charge is 0.257 e. The second kappa shape index (κ2) is 11.0. The third kappa shape index (κ3) is 4.31. The second-order valence-corrected chi connectivity index (χ2v) is 15.8. The van der Waals surface area contributed by atoms with Gasteiger partial charge >= 0.3 is 0 Å². The Morgan fingerprint density at radius 1 is 1.08 bits per heavy atom. The Hall–Kier alpha value is -4.04. The summed E-state index contributed by atoms with van der Waals surface area (Å²) in [5, 5.41) is 28.4. The molecule has 14 heteroatoms. The van der Waals surface area contributed by atoms with Crippen LogP contribution in [0.15, 0.2) is 52.5 Å². The molecular weight excluding hydrogens is 736 g/mol. The van der Waals surface area contributed by atoms with Gasteiger partial charge in [0.2, 0.25) is 11.8 Å². The lowest BCUT2D eigenvalue weighted by atomic mass is 9.51. The lowest BCUT2D eigenvalue weighted by Crippen LogP contribution is -2.48. The number of thiophene rings is 1. The highest BCUT2D eigenvalue weighted by atomic mass is 79.9. The fraction of sp³-hybridized carbons (Fsp3) is 0.343. The van der Waals surface area contributed by atoms with Gasteiger partial charge in [-0.05, 0) is 73.9 Å². The minimum atomic E-state index is -1.41. The number of fused-ring (bicyclic) bond motifs is 5. The minimum absolute atomic E-state index is 0.0979. The number of aromatic nitrogens is 2. The van der Waals surface area contributed by atoms with Crippen LogP contribution in [0.4, 0.5) is 5.82 Å². The van der Waals surface area contributed by atoms with E-state index in [0.29, 0.717) is 26.3 Å². The fourth-order valence-electron chi connectivity index (χ4n) is 8.75. The molecule has 8 rings (SSSR count). The van der Waals surface area contributed by atoms with Gasteiger partial charge in [-0.3, -0.25) is 29.1 Å². The van der Waals surface area contributed by atoms with E-state index in [4.69, 9.17) is 21.4 Å². The van der Waals surface area contributed by atoms with Crippen LogP contribution in [0.25, 0.3) is 20.7 Å². The molecule has 0 radical (unpaired) electrons. The molecule has 0 bridgehead atoms. The van der Waals surface area contributed by atoms with Gasteiger partial charge in [-0.1, -0.05) is 39.2 Å². The molecule has 0 spiro atoms. The predicted molar refractivity (Wildman–Crippen MR) is 184 cm³/mol. The van der Waals surface area contributed by atoms with Crippen LogP contribution in [0.5, 0.6) is 11.5 Å². The number of rotatable bonds is 4. The SMILES string of the molecule is COc1cc(Br)cc(C2C3=CCC4C(=O)N(O)C(=O)C4C3CC3C(=O)N(c4cc(-c5sc6ccc(Cl)cc6c5C)nn4C)C(=O)C32C)c1O. The van der Waals surface area contributed by atoms with Crippen molar-refractivity contribution < 1.29 is 34.2 Å². The summed E-state index contributed by atoms with van der Waals surface area (Å²) in [6, 6.07) is 10.7. The largest absolute Gasteiger partial charge is 0.504 e. The minimum Gasteiger partial charge on any atom is -0.504 e. The van der Waals surface area contributed by atoms with E-state index < -0.39 is 58.6 Å². The van der Waals surface area contributed by atoms with E-state index in [1.54, 1.807) is 32.2 Å². The molecule has 2 aliphatic heterocycles. The molecule has 4 aromatic rings. The number of ether oxygens (including phenoxy) is 1. The maximum absolute atomic E-state index is 15.0. The van der Waals surface area contributed by atoms with E-state index in [0.717, 1.165) is 20.5 Å². The van der Waals surface area contributed by atoms with Gasteiger partial charge in [0.25, 0.3) is 11.8 Å². The summed E-state index contributed by atoms with van der Waals surface area (Å²) in [4.78, 5) is 57.9. The lowest BCUT2D eigenvalue weighted by molar-refractivity contribution is -0.173. The van der Waals surface area contributed by atoms with Crippen LogP contribution < -0.4 is 9.64 Å². The fourth-order valence-corrected chi connectivity index (χ4v) is 10.5. The average Bonchev–Trinajstić information content (AvgIpc) is 3.73. The molecule has 3 fully saturated rings. The van der Waals surface area contributed by atoms with Crippen molar-refractivity contribution in [3.05, 3.63) is 68.7 Å². The number of aryl methyl sites for hydroxylation is 2. The molecule has 6 atom stereocenters. The van der Waals surface area contributed by atoms with Crippen LogP contribution in [0.2, 0.25) is 5.02 Å². The van der Waals surface area contributed by atoms with Crippen molar-refractivity contribution in [1.82, 2.24) is 14.8 Å². The van der Waals surface area contributed by atoms with Gasteiger partial charge in [0.1, 0.15) is 11.5 Å². The molecule has 4 amide bonds. The Morgan fingerprint density at radius 2 is 1.84 bits per heavy atom. The first-order valence-corrected chi connectivity index (χ1v) is 17.7. The van der Waals surface area contributed by atoms with E-state index in [1.807, 2.05) is 31.2 Å². The number of hydrogen-bond acceptors (Lipinski definition) is 9. The quantitative estimate of drug-likeness (QED) is 0.139. The number of hydroxylamine groups is 2. The number of imide groups is 2. The number of hydrogen-bond donors (Lipinski definition) is 2. The van der Waals surface area contributed by atoms with Gasteiger partial charge in [-0.2, -0.15) is 10.2 Å². The average molecular weight is 766 g/mol. The number of phenols is 1. The first-order chi connectivity index (χ1) is 23.3. The standard InChI is InChI=1S/C35H30BrClN4O7S/c1-14-19-11-16(37)5-8-25(19)49-30(14)23-13-26(39(3)38-23)40-32(44)22-12-20-17(6-7-18-27(20)33(45)41(47)31(18)43)28(35(22,2)34(40)46)21-9-15(36)10-24(48-4)29(21)42/h5-6,8-11,13,18,20,22,27-28,42,47H,7,12H2,1-4H3. The van der Waals surface area contributed by atoms with Gasteiger partial charge in [-0.25, -0.2) is 4.90 Å². The van der Waals surface area contributed by atoms with Gasteiger partial charge in [0.05, 0.1) is 35.2 Å². The van der Waals surface area contributed by atoms with Crippen LogP contribution >= 0.6 is 38.9 Å². The number of carbonyl (C=O) groups excluding carboxylic acids is 4. The number of anilines is 1. The Bertz CT molecular complexity index is 2210. The molecular formula is C35H30BrClN4O7S. The van der Waals surface area contributed by atoms with E-state index >= 15 is 0 Å². The molecule has 2 aliphatic carbocycles. The monoisotopic (exact) mass is 764 g/mol. The second-order valence-electron chi connectivity index (χ2n) is 13.4. The number of benzene rings is 2. The summed E-state index contributed by atoms with van der Waals surface area (Å²) in [7, 11) is 3.10. The van der Waals surface area contributed by atoms with Crippen molar-refractivity contribution in [1.29, 1.82) is 0 Å². The Balaban J connectivity index is 1.28. The molecule has 2 aromatic carbocycles. The zero-order chi connectivity index (χ0) is 34.8. The highest BCUT2D eigenvalue weighted by molar-refractivity contribution is 9.10. The number of halogens is 2. The van der Waals surface area contributed by atoms with Crippen LogP contribution in [0.3, 0.4) is 0 Å². The zero-order valence-corrected chi connectivity index (χ0v) is 29.9. The van der Waals surface area contributed by atoms with Crippen molar-refractivity contribution in [2.75, 3.05) is 12.0 Å². The van der Waals surface area contributed by atoms with Gasteiger partial charge in [0.15, 0.2) is 11.5 Å². The maximum atomic E-state index is 15.0. The van der Waals surface area contributed by atoms with E-state index in [9.17, 15) is 29.5 Å². The summed E-state index contributed by atoms with van der Waals surface area (Å²) in [6.07, 6.45) is 2.10. The number of nitrogens with zero attached hydrogens (tertiary/aromatic N) is 4.